The Hall–Kier alpha value is -0.770. The second kappa shape index (κ2) is 4.98. The van der Waals surface area contributed by atoms with Gasteiger partial charge in [-0.05, 0) is 24.3 Å². The Morgan fingerprint density at radius 1 is 1.33 bits per heavy atom. The van der Waals surface area contributed by atoms with Gasteiger partial charge in [0.1, 0.15) is 0 Å². The van der Waals surface area contributed by atoms with Crippen molar-refractivity contribution in [2.24, 2.45) is 5.84 Å². The molecule has 0 saturated heterocycles. The maximum Gasteiger partial charge on any atom is 0.265 e. The molecule has 1 rings (SSSR count). The third-order valence-electron chi connectivity index (χ3n) is 1.24. The van der Waals surface area contributed by atoms with Crippen LogP contribution < -0.4 is 11.3 Å². The van der Waals surface area contributed by atoms with Gasteiger partial charge >= 0.3 is 0 Å². The van der Waals surface area contributed by atoms with Crippen molar-refractivity contribution in [2.45, 2.75) is 0 Å². The highest BCUT2D eigenvalue weighted by Crippen LogP contribution is 2.08. The predicted octanol–water partition coefficient (Wildman–Crippen LogP) is 1.37. The second-order valence-electron chi connectivity index (χ2n) is 1.98. The molecule has 1 aromatic carbocycles. The molecule has 0 aliphatic carbocycles. The highest BCUT2D eigenvalue weighted by molar-refractivity contribution is 6.30. The molecule has 0 aromatic heterocycles. The van der Waals surface area contributed by atoms with Crippen molar-refractivity contribution >= 4 is 29.9 Å². The van der Waals surface area contributed by atoms with E-state index in [1.165, 1.54) is 0 Å². The molecule has 1 aromatic rings. The second-order valence-corrected chi connectivity index (χ2v) is 2.42. The average Bonchev–Trinajstić information content (AvgIpc) is 2.05. The highest BCUT2D eigenvalue weighted by Gasteiger charge is 2.00. The van der Waals surface area contributed by atoms with E-state index in [-0.39, 0.29) is 18.3 Å². The van der Waals surface area contributed by atoms with Gasteiger partial charge in [0.15, 0.2) is 0 Å². The van der Waals surface area contributed by atoms with Crippen molar-refractivity contribution in [3.8, 4) is 0 Å². The first-order chi connectivity index (χ1) is 5.24. The Balaban J connectivity index is 0.00000121. The number of nitrogens with one attached hydrogen (secondary N) is 1. The summed E-state index contributed by atoms with van der Waals surface area (Å²) in [5.74, 6) is 4.59. The Labute approximate surface area is 81.3 Å². The summed E-state index contributed by atoms with van der Waals surface area (Å²) in [6.07, 6.45) is 0. The smallest absolute Gasteiger partial charge is 0.265 e. The maximum atomic E-state index is 10.8. The van der Waals surface area contributed by atoms with Crippen LogP contribution in [0.25, 0.3) is 0 Å². The molecule has 0 bridgehead atoms. The number of carbonyl (C=O) groups excluding carboxylic acids is 1. The minimum atomic E-state index is -0.318. The Bertz CT molecular complexity index is 261. The SMILES string of the molecule is Cl.NNC(=O)c1ccc(Cl)cc1. The summed E-state index contributed by atoms with van der Waals surface area (Å²) < 4.78 is 0. The number of carbonyl (C=O) groups is 1. The molecule has 3 N–H and O–H groups in total. The fourth-order valence-corrected chi connectivity index (χ4v) is 0.811. The zero-order chi connectivity index (χ0) is 8.27. The number of halogens is 2. The molecule has 1 amide bonds. The first-order valence-electron chi connectivity index (χ1n) is 3.00. The predicted molar refractivity (Wildman–Crippen MR) is 50.4 cm³/mol. The number of hydrazine groups is 1. The van der Waals surface area contributed by atoms with Crippen molar-refractivity contribution in [3.05, 3.63) is 34.9 Å². The van der Waals surface area contributed by atoms with Crippen LogP contribution in [0.15, 0.2) is 24.3 Å². The molecule has 0 aliphatic heterocycles. The minimum absolute atomic E-state index is 0. The molecule has 0 saturated carbocycles. The Morgan fingerprint density at radius 3 is 2.25 bits per heavy atom. The molecule has 0 fully saturated rings. The molecule has 0 heterocycles. The van der Waals surface area contributed by atoms with E-state index in [0.717, 1.165) is 0 Å². The van der Waals surface area contributed by atoms with Crippen molar-refractivity contribution in [1.82, 2.24) is 5.43 Å². The first-order valence-corrected chi connectivity index (χ1v) is 3.38. The fourth-order valence-electron chi connectivity index (χ4n) is 0.685. The van der Waals surface area contributed by atoms with Crippen molar-refractivity contribution < 1.29 is 4.79 Å². The molecule has 0 unspecified atom stereocenters. The van der Waals surface area contributed by atoms with Gasteiger partial charge in [0, 0.05) is 10.6 Å². The number of amides is 1. The van der Waals surface area contributed by atoms with E-state index < -0.39 is 0 Å². The number of benzene rings is 1. The lowest BCUT2D eigenvalue weighted by molar-refractivity contribution is 0.0953. The summed E-state index contributed by atoms with van der Waals surface area (Å²) in [5, 5.41) is 0.596. The van der Waals surface area contributed by atoms with E-state index in [1.54, 1.807) is 24.3 Å². The van der Waals surface area contributed by atoms with Crippen LogP contribution in [0.2, 0.25) is 5.02 Å². The summed E-state index contributed by atoms with van der Waals surface area (Å²) >= 11 is 5.60. The molecule has 0 aliphatic rings. The standard InChI is InChI=1S/C7H7ClN2O.ClH/c8-6-3-1-5(2-4-6)7(11)10-9;/h1-4H,9H2,(H,10,11);1H. The molecule has 66 valence electrons. The average molecular weight is 207 g/mol. The molecule has 0 atom stereocenters. The number of hydrogen-bond donors (Lipinski definition) is 2. The first kappa shape index (κ1) is 11.2. The lowest BCUT2D eigenvalue weighted by Gasteiger charge is -1.97. The fraction of sp³-hybridized carbons (Fsp3) is 0. The normalized spacial score (nSPS) is 8.50. The van der Waals surface area contributed by atoms with Gasteiger partial charge in [-0.1, -0.05) is 11.6 Å². The molecular weight excluding hydrogens is 199 g/mol. The summed E-state index contributed by atoms with van der Waals surface area (Å²) in [6, 6.07) is 6.47. The van der Waals surface area contributed by atoms with Gasteiger partial charge in [-0.2, -0.15) is 0 Å². The van der Waals surface area contributed by atoms with E-state index >= 15 is 0 Å². The summed E-state index contributed by atoms with van der Waals surface area (Å²) in [7, 11) is 0. The van der Waals surface area contributed by atoms with Crippen LogP contribution in [0.1, 0.15) is 10.4 Å². The molecule has 0 spiro atoms. The number of nitrogens with two attached hydrogens (primary N) is 1. The maximum absolute atomic E-state index is 10.8. The number of hydrogen-bond acceptors (Lipinski definition) is 2. The lowest BCUT2D eigenvalue weighted by atomic mass is 10.2. The van der Waals surface area contributed by atoms with Gasteiger partial charge in [0.2, 0.25) is 0 Å². The van der Waals surface area contributed by atoms with E-state index in [9.17, 15) is 4.79 Å². The van der Waals surface area contributed by atoms with Crippen LogP contribution >= 0.6 is 24.0 Å². The summed E-state index contributed by atoms with van der Waals surface area (Å²) in [5.41, 5.74) is 2.52. The molecule has 12 heavy (non-hydrogen) atoms. The van der Waals surface area contributed by atoms with E-state index in [4.69, 9.17) is 17.4 Å². The lowest BCUT2D eigenvalue weighted by Crippen LogP contribution is -2.29. The van der Waals surface area contributed by atoms with Crippen LogP contribution in [0.5, 0.6) is 0 Å². The van der Waals surface area contributed by atoms with Crippen LogP contribution in [0.4, 0.5) is 0 Å². The third kappa shape index (κ3) is 2.70. The largest absolute Gasteiger partial charge is 0.290 e. The van der Waals surface area contributed by atoms with Crippen molar-refractivity contribution in [2.75, 3.05) is 0 Å². The molecular formula is C7H8Cl2N2O. The van der Waals surface area contributed by atoms with Gasteiger partial charge in [-0.3, -0.25) is 10.2 Å². The van der Waals surface area contributed by atoms with Gasteiger partial charge in [0.05, 0.1) is 0 Å². The van der Waals surface area contributed by atoms with E-state index in [1.807, 2.05) is 5.43 Å². The van der Waals surface area contributed by atoms with Crippen molar-refractivity contribution in [3.63, 3.8) is 0 Å². The van der Waals surface area contributed by atoms with Gasteiger partial charge < -0.3 is 0 Å². The van der Waals surface area contributed by atoms with Crippen LogP contribution in [0.3, 0.4) is 0 Å². The van der Waals surface area contributed by atoms with Gasteiger partial charge in [-0.15, -0.1) is 12.4 Å². The quantitative estimate of drug-likeness (QED) is 0.415. The topological polar surface area (TPSA) is 55.1 Å². The van der Waals surface area contributed by atoms with E-state index in [0.29, 0.717) is 10.6 Å². The van der Waals surface area contributed by atoms with Crippen LogP contribution in [-0.2, 0) is 0 Å². The van der Waals surface area contributed by atoms with Gasteiger partial charge in [-0.25, -0.2) is 5.84 Å². The van der Waals surface area contributed by atoms with Gasteiger partial charge in [0.25, 0.3) is 5.91 Å². The summed E-state index contributed by atoms with van der Waals surface area (Å²) in [6.45, 7) is 0. The Morgan fingerprint density at radius 2 is 1.83 bits per heavy atom. The zero-order valence-electron chi connectivity index (χ0n) is 6.08. The minimum Gasteiger partial charge on any atom is -0.290 e. The monoisotopic (exact) mass is 206 g/mol. The number of nitrogen functional groups attached to an aromatic ring is 1. The van der Waals surface area contributed by atoms with Crippen molar-refractivity contribution in [1.29, 1.82) is 0 Å². The third-order valence-corrected chi connectivity index (χ3v) is 1.49. The van der Waals surface area contributed by atoms with Crippen LogP contribution in [-0.4, -0.2) is 5.91 Å². The molecule has 3 nitrogen and oxygen atoms in total. The van der Waals surface area contributed by atoms with E-state index in [2.05, 4.69) is 0 Å². The highest BCUT2D eigenvalue weighted by atomic mass is 35.5. The number of rotatable bonds is 1. The zero-order valence-corrected chi connectivity index (χ0v) is 7.65. The summed E-state index contributed by atoms with van der Waals surface area (Å²) in [4.78, 5) is 10.8. The molecule has 0 radical (unpaired) electrons. The molecule has 5 heteroatoms. The van der Waals surface area contributed by atoms with Crippen LogP contribution in [0, 0.1) is 0 Å². The Kier molecular flexibility index (Phi) is 4.66.